The first-order valence-electron chi connectivity index (χ1n) is 8.22. The van der Waals surface area contributed by atoms with Gasteiger partial charge in [0, 0.05) is 24.7 Å². The molecule has 0 atom stereocenters. The summed E-state index contributed by atoms with van der Waals surface area (Å²) < 4.78 is 3.40. The van der Waals surface area contributed by atoms with Gasteiger partial charge in [0.25, 0.3) is 5.91 Å². The van der Waals surface area contributed by atoms with E-state index in [1.807, 2.05) is 37.3 Å². The zero-order valence-electron chi connectivity index (χ0n) is 15.2. The molecule has 1 N–H and O–H groups in total. The van der Waals surface area contributed by atoms with Gasteiger partial charge in [0.1, 0.15) is 5.82 Å². The van der Waals surface area contributed by atoms with Crippen LogP contribution in [0.4, 0.5) is 5.82 Å². The average molecular weight is 337 g/mol. The van der Waals surface area contributed by atoms with Crippen LogP contribution in [0.5, 0.6) is 0 Å². The molecule has 6 nitrogen and oxygen atoms in total. The van der Waals surface area contributed by atoms with Crippen LogP contribution in [0.25, 0.3) is 5.69 Å². The minimum atomic E-state index is -0.205. The molecule has 2 heterocycles. The number of nitrogens with zero attached hydrogens (tertiary/aromatic N) is 4. The summed E-state index contributed by atoms with van der Waals surface area (Å²) in [6.45, 7) is 8.33. The van der Waals surface area contributed by atoms with Gasteiger partial charge in [-0.2, -0.15) is 10.2 Å². The lowest BCUT2D eigenvalue weighted by molar-refractivity contribution is 0.102. The number of carbonyl (C=O) groups excluding carboxylic acids is 1. The van der Waals surface area contributed by atoms with Gasteiger partial charge in [0.15, 0.2) is 0 Å². The van der Waals surface area contributed by atoms with Crippen molar-refractivity contribution in [2.75, 3.05) is 5.32 Å². The lowest BCUT2D eigenvalue weighted by Gasteiger charge is -2.14. The van der Waals surface area contributed by atoms with Crippen LogP contribution in [-0.4, -0.2) is 25.5 Å². The summed E-state index contributed by atoms with van der Waals surface area (Å²) in [7, 11) is 1.78. The molecule has 0 radical (unpaired) electrons. The molecule has 1 aromatic carbocycles. The van der Waals surface area contributed by atoms with Crippen LogP contribution in [0.2, 0.25) is 0 Å². The smallest absolute Gasteiger partial charge is 0.260 e. The monoisotopic (exact) mass is 337 g/mol. The third-order valence-electron chi connectivity index (χ3n) is 4.03. The van der Waals surface area contributed by atoms with Crippen molar-refractivity contribution in [2.45, 2.75) is 33.1 Å². The van der Waals surface area contributed by atoms with E-state index in [0.29, 0.717) is 11.4 Å². The number of hydrogen-bond donors (Lipinski definition) is 1. The van der Waals surface area contributed by atoms with E-state index in [1.54, 1.807) is 28.8 Å². The lowest BCUT2D eigenvalue weighted by atomic mass is 9.92. The minimum absolute atomic E-state index is 0.123. The average Bonchev–Trinajstić information content (AvgIpc) is 3.14. The number of anilines is 1. The quantitative estimate of drug-likeness (QED) is 0.796. The highest BCUT2D eigenvalue weighted by Gasteiger charge is 2.22. The van der Waals surface area contributed by atoms with Gasteiger partial charge in [-0.1, -0.05) is 39.0 Å². The molecule has 0 saturated carbocycles. The van der Waals surface area contributed by atoms with Crippen molar-refractivity contribution in [3.8, 4) is 5.69 Å². The van der Waals surface area contributed by atoms with E-state index in [0.717, 1.165) is 16.9 Å². The summed E-state index contributed by atoms with van der Waals surface area (Å²) in [5.41, 5.74) is 3.33. The Morgan fingerprint density at radius 1 is 1.20 bits per heavy atom. The SMILES string of the molecule is Cc1ccccc1-n1nc(C(C)(C)C)cc1NC(=O)c1cnn(C)c1. The lowest BCUT2D eigenvalue weighted by Crippen LogP contribution is -2.15. The molecule has 3 rings (SSSR count). The molecule has 0 saturated heterocycles. The molecule has 130 valence electrons. The van der Waals surface area contributed by atoms with E-state index in [9.17, 15) is 4.79 Å². The molecular weight excluding hydrogens is 314 g/mol. The number of nitrogens with one attached hydrogen (secondary N) is 1. The maximum absolute atomic E-state index is 12.5. The minimum Gasteiger partial charge on any atom is -0.306 e. The molecule has 0 unspecified atom stereocenters. The second kappa shape index (κ2) is 6.20. The number of hydrogen-bond acceptors (Lipinski definition) is 3. The molecule has 0 fully saturated rings. The van der Waals surface area contributed by atoms with E-state index < -0.39 is 0 Å². The van der Waals surface area contributed by atoms with Crippen LogP contribution in [0.1, 0.15) is 42.4 Å². The fourth-order valence-electron chi connectivity index (χ4n) is 2.55. The van der Waals surface area contributed by atoms with Gasteiger partial charge >= 0.3 is 0 Å². The van der Waals surface area contributed by atoms with Crippen molar-refractivity contribution in [1.29, 1.82) is 0 Å². The molecule has 2 aromatic heterocycles. The summed E-state index contributed by atoms with van der Waals surface area (Å²) in [4.78, 5) is 12.5. The van der Waals surface area contributed by atoms with Crippen LogP contribution < -0.4 is 5.32 Å². The second-order valence-corrected chi connectivity index (χ2v) is 7.22. The fourth-order valence-corrected chi connectivity index (χ4v) is 2.55. The second-order valence-electron chi connectivity index (χ2n) is 7.22. The maximum Gasteiger partial charge on any atom is 0.260 e. The topological polar surface area (TPSA) is 64.7 Å². The Balaban J connectivity index is 2.04. The first-order valence-corrected chi connectivity index (χ1v) is 8.22. The summed E-state index contributed by atoms with van der Waals surface area (Å²) >= 11 is 0. The molecular formula is C19H23N5O. The summed E-state index contributed by atoms with van der Waals surface area (Å²) in [6, 6.07) is 9.91. The highest BCUT2D eigenvalue weighted by atomic mass is 16.1. The zero-order chi connectivity index (χ0) is 18.2. The maximum atomic E-state index is 12.5. The molecule has 0 spiro atoms. The summed E-state index contributed by atoms with van der Waals surface area (Å²) in [5, 5.41) is 11.8. The van der Waals surface area contributed by atoms with E-state index >= 15 is 0 Å². The predicted octanol–water partition coefficient (Wildman–Crippen LogP) is 3.46. The molecule has 1 amide bonds. The Morgan fingerprint density at radius 2 is 1.92 bits per heavy atom. The van der Waals surface area contributed by atoms with Crippen LogP contribution in [-0.2, 0) is 12.5 Å². The predicted molar refractivity (Wildman–Crippen MR) is 98.2 cm³/mol. The number of amides is 1. The third kappa shape index (κ3) is 3.47. The number of carbonyl (C=O) groups is 1. The number of benzene rings is 1. The number of aromatic nitrogens is 4. The molecule has 3 aromatic rings. The van der Waals surface area contributed by atoms with Crippen LogP contribution >= 0.6 is 0 Å². The standard InChI is InChI=1S/C19H23N5O/c1-13-8-6-7-9-15(13)24-17(10-16(22-24)19(2,3)4)21-18(25)14-11-20-23(5)12-14/h6-12H,1-5H3,(H,21,25). The molecule has 0 aliphatic heterocycles. The Labute approximate surface area is 147 Å². The Morgan fingerprint density at radius 3 is 2.52 bits per heavy atom. The molecule has 25 heavy (non-hydrogen) atoms. The number of rotatable bonds is 3. The van der Waals surface area contributed by atoms with E-state index in [1.165, 1.54) is 0 Å². The Kier molecular flexibility index (Phi) is 4.20. The molecule has 0 aliphatic rings. The van der Waals surface area contributed by atoms with Gasteiger partial charge in [-0.15, -0.1) is 0 Å². The number of aryl methyl sites for hydroxylation is 2. The first kappa shape index (κ1) is 17.0. The third-order valence-corrected chi connectivity index (χ3v) is 4.03. The highest BCUT2D eigenvalue weighted by molar-refractivity contribution is 6.03. The Hall–Kier alpha value is -2.89. The van der Waals surface area contributed by atoms with E-state index in [2.05, 4.69) is 31.2 Å². The van der Waals surface area contributed by atoms with Gasteiger partial charge < -0.3 is 5.32 Å². The van der Waals surface area contributed by atoms with Gasteiger partial charge in [-0.3, -0.25) is 9.48 Å². The van der Waals surface area contributed by atoms with Crippen LogP contribution in [0.3, 0.4) is 0 Å². The van der Waals surface area contributed by atoms with Gasteiger partial charge in [-0.25, -0.2) is 4.68 Å². The summed E-state index contributed by atoms with van der Waals surface area (Å²) in [5.74, 6) is 0.441. The van der Waals surface area contributed by atoms with Crippen molar-refractivity contribution in [2.24, 2.45) is 7.05 Å². The Bertz CT molecular complexity index is 914. The van der Waals surface area contributed by atoms with Crippen molar-refractivity contribution in [3.63, 3.8) is 0 Å². The fraction of sp³-hybridized carbons (Fsp3) is 0.316. The van der Waals surface area contributed by atoms with Crippen molar-refractivity contribution < 1.29 is 4.79 Å². The van der Waals surface area contributed by atoms with Gasteiger partial charge in [0.2, 0.25) is 0 Å². The highest BCUT2D eigenvalue weighted by Crippen LogP contribution is 2.27. The van der Waals surface area contributed by atoms with Crippen molar-refractivity contribution >= 4 is 11.7 Å². The first-order chi connectivity index (χ1) is 11.8. The summed E-state index contributed by atoms with van der Waals surface area (Å²) in [6.07, 6.45) is 3.24. The largest absolute Gasteiger partial charge is 0.306 e. The van der Waals surface area contributed by atoms with Crippen molar-refractivity contribution in [3.05, 3.63) is 59.5 Å². The molecule has 0 bridgehead atoms. The molecule has 0 aliphatic carbocycles. The van der Waals surface area contributed by atoms with Gasteiger partial charge in [0.05, 0.1) is 23.1 Å². The van der Waals surface area contributed by atoms with E-state index in [4.69, 9.17) is 5.10 Å². The zero-order valence-corrected chi connectivity index (χ0v) is 15.2. The van der Waals surface area contributed by atoms with Crippen LogP contribution in [0, 0.1) is 6.92 Å². The number of para-hydroxylation sites is 1. The normalized spacial score (nSPS) is 11.6. The van der Waals surface area contributed by atoms with Crippen molar-refractivity contribution in [1.82, 2.24) is 19.6 Å². The molecule has 6 heteroatoms. The van der Waals surface area contributed by atoms with Gasteiger partial charge in [-0.05, 0) is 18.6 Å². The van der Waals surface area contributed by atoms with E-state index in [-0.39, 0.29) is 11.3 Å². The van der Waals surface area contributed by atoms with Crippen LogP contribution in [0.15, 0.2) is 42.7 Å².